The number of nitrogens with one attached hydrogen (secondary N) is 1. The molecule has 1 aliphatic carbocycles. The number of likely N-dealkylation sites (tertiary alicyclic amines) is 1. The van der Waals surface area contributed by atoms with Crippen LogP contribution in [0.3, 0.4) is 0 Å². The number of fused-ring (bicyclic) bond motifs is 2. The summed E-state index contributed by atoms with van der Waals surface area (Å²) in [6.07, 6.45) is 9.62. The molecular formula is C32H38BrN3O7. The third-order valence-corrected chi connectivity index (χ3v) is 10.2. The van der Waals surface area contributed by atoms with Crippen LogP contribution in [0.1, 0.15) is 56.6 Å². The molecule has 1 spiro atoms. The van der Waals surface area contributed by atoms with Crippen molar-refractivity contribution in [3.05, 3.63) is 58.6 Å². The van der Waals surface area contributed by atoms with Gasteiger partial charge in [-0.1, -0.05) is 77.7 Å². The van der Waals surface area contributed by atoms with Crippen molar-refractivity contribution in [2.24, 2.45) is 11.8 Å². The van der Waals surface area contributed by atoms with Gasteiger partial charge in [0.1, 0.15) is 29.8 Å². The molecule has 5 aliphatic rings. The lowest BCUT2D eigenvalue weighted by Gasteiger charge is -2.40. The number of aliphatic hydroxyl groups excluding tert-OH is 1. The van der Waals surface area contributed by atoms with Crippen LogP contribution in [0.2, 0.25) is 0 Å². The maximum atomic E-state index is 14.6. The summed E-state index contributed by atoms with van der Waals surface area (Å²) >= 11 is 3.57. The van der Waals surface area contributed by atoms with Crippen LogP contribution in [0.4, 0.5) is 0 Å². The van der Waals surface area contributed by atoms with Gasteiger partial charge in [-0.05, 0) is 30.9 Å². The Morgan fingerprint density at radius 3 is 2.53 bits per heavy atom. The zero-order chi connectivity index (χ0) is 30.1. The van der Waals surface area contributed by atoms with E-state index in [0.717, 1.165) is 32.1 Å². The van der Waals surface area contributed by atoms with Gasteiger partial charge in [0.25, 0.3) is 0 Å². The van der Waals surface area contributed by atoms with Crippen LogP contribution < -0.4 is 5.32 Å². The Labute approximate surface area is 259 Å². The highest BCUT2D eigenvalue weighted by molar-refractivity contribution is 9.11. The quantitative estimate of drug-likeness (QED) is 0.377. The molecule has 0 radical (unpaired) electrons. The summed E-state index contributed by atoms with van der Waals surface area (Å²) < 4.78 is 13.2. The number of β-amino-alcohol motifs (C(OH)–C–C–N with tert-alkyl or cyclic N) is 1. The van der Waals surface area contributed by atoms with Gasteiger partial charge in [-0.25, -0.2) is 0 Å². The Hall–Kier alpha value is -3.02. The highest BCUT2D eigenvalue weighted by atomic mass is 79.9. The standard InChI is InChI=1S/C32H38BrN3O7/c33-22-18-32-26-25(27(22)43-32)31(41)42-23(20-10-4-1-5-11-20)19-34-24(38)14-8-3-9-15-35(21-12-6-2-7-13-21)30(40)28(32)36(16-17-37)29(26)39/h1,3-5,9-11,18,21,23,25-28,37H,2,6-8,12-17,19H2,(H,34,38)/b9-3-/t23-,25-,26+,27-,28-,32+/m1/s1. The first-order valence-corrected chi connectivity index (χ1v) is 16.1. The molecular weight excluding hydrogens is 618 g/mol. The Balaban J connectivity index is 1.41. The van der Waals surface area contributed by atoms with Gasteiger partial charge >= 0.3 is 5.97 Å². The second kappa shape index (κ2) is 12.5. The first kappa shape index (κ1) is 30.0. The third kappa shape index (κ3) is 5.44. The number of ether oxygens (including phenoxy) is 2. The molecule has 3 amide bonds. The van der Waals surface area contributed by atoms with E-state index < -0.39 is 47.6 Å². The monoisotopic (exact) mass is 655 g/mol. The maximum Gasteiger partial charge on any atom is 0.313 e. The van der Waals surface area contributed by atoms with Crippen LogP contribution >= 0.6 is 15.9 Å². The minimum Gasteiger partial charge on any atom is -0.455 e. The van der Waals surface area contributed by atoms with Gasteiger partial charge in [0.2, 0.25) is 17.7 Å². The fraction of sp³-hybridized carbons (Fsp3) is 0.562. The average molecular weight is 657 g/mol. The van der Waals surface area contributed by atoms with E-state index in [9.17, 15) is 24.3 Å². The van der Waals surface area contributed by atoms with Crippen molar-refractivity contribution in [1.82, 2.24) is 15.1 Å². The molecule has 4 aliphatic heterocycles. The number of aliphatic hydroxyl groups is 1. The van der Waals surface area contributed by atoms with Gasteiger partial charge in [0.05, 0.1) is 19.1 Å². The van der Waals surface area contributed by atoms with Gasteiger partial charge < -0.3 is 29.7 Å². The number of carbonyl (C=O) groups is 4. The van der Waals surface area contributed by atoms with Crippen LogP contribution in [0, 0.1) is 11.8 Å². The average Bonchev–Trinajstić information content (AvgIpc) is 3.60. The van der Waals surface area contributed by atoms with Crippen LogP contribution in [-0.2, 0) is 28.7 Å². The fourth-order valence-corrected chi connectivity index (χ4v) is 8.25. The molecule has 0 unspecified atom stereocenters. The van der Waals surface area contributed by atoms with Gasteiger partial charge in [-0.2, -0.15) is 0 Å². The molecule has 6 rings (SSSR count). The third-order valence-electron chi connectivity index (χ3n) is 9.49. The van der Waals surface area contributed by atoms with E-state index in [0.29, 0.717) is 23.0 Å². The van der Waals surface area contributed by atoms with E-state index in [1.807, 2.05) is 47.4 Å². The lowest BCUT2D eigenvalue weighted by Crippen LogP contribution is -2.58. The summed E-state index contributed by atoms with van der Waals surface area (Å²) in [7, 11) is 0. The zero-order valence-corrected chi connectivity index (χ0v) is 25.6. The molecule has 5 bridgehead atoms. The summed E-state index contributed by atoms with van der Waals surface area (Å²) in [5.74, 6) is -3.46. The van der Waals surface area contributed by atoms with Crippen molar-refractivity contribution in [3.63, 3.8) is 0 Å². The number of esters is 1. The topological polar surface area (TPSA) is 125 Å². The Bertz CT molecular complexity index is 1310. The first-order valence-electron chi connectivity index (χ1n) is 15.3. The van der Waals surface area contributed by atoms with Crippen LogP contribution in [0.5, 0.6) is 0 Å². The largest absolute Gasteiger partial charge is 0.455 e. The van der Waals surface area contributed by atoms with Crippen molar-refractivity contribution in [2.75, 3.05) is 26.2 Å². The molecule has 1 aromatic rings. The number of carbonyl (C=O) groups excluding carboxylic acids is 4. The van der Waals surface area contributed by atoms with Gasteiger partial charge in [0, 0.05) is 30.0 Å². The molecule has 11 heteroatoms. The number of amides is 3. The summed E-state index contributed by atoms with van der Waals surface area (Å²) in [5.41, 5.74) is -0.671. The van der Waals surface area contributed by atoms with Crippen LogP contribution in [0.25, 0.3) is 0 Å². The number of nitrogens with zero attached hydrogens (tertiary/aromatic N) is 2. The molecule has 43 heavy (non-hydrogen) atoms. The number of rotatable bonds is 4. The molecule has 2 saturated heterocycles. The number of hydrogen-bond donors (Lipinski definition) is 2. The van der Waals surface area contributed by atoms with E-state index in [4.69, 9.17) is 9.47 Å². The summed E-state index contributed by atoms with van der Waals surface area (Å²) in [6.45, 7) is 0.0204. The van der Waals surface area contributed by atoms with Gasteiger partial charge in [-0.15, -0.1) is 0 Å². The fourth-order valence-electron chi connectivity index (χ4n) is 7.51. The zero-order valence-electron chi connectivity index (χ0n) is 24.0. The molecule has 3 fully saturated rings. The molecule has 4 heterocycles. The molecule has 2 N–H and O–H groups in total. The number of halogens is 1. The minimum absolute atomic E-state index is 0.00349. The molecule has 1 aromatic carbocycles. The highest BCUT2D eigenvalue weighted by Gasteiger charge is 2.75. The predicted octanol–water partition coefficient (Wildman–Crippen LogP) is 2.76. The Morgan fingerprint density at radius 2 is 1.79 bits per heavy atom. The predicted molar refractivity (Wildman–Crippen MR) is 159 cm³/mol. The summed E-state index contributed by atoms with van der Waals surface area (Å²) in [4.78, 5) is 58.8. The van der Waals surface area contributed by atoms with Crippen molar-refractivity contribution in [2.45, 2.75) is 74.8 Å². The number of benzene rings is 1. The molecule has 10 nitrogen and oxygen atoms in total. The second-order valence-corrected chi connectivity index (χ2v) is 12.9. The van der Waals surface area contributed by atoms with Gasteiger partial charge in [-0.3, -0.25) is 19.2 Å². The first-order chi connectivity index (χ1) is 20.9. The van der Waals surface area contributed by atoms with Crippen LogP contribution in [0.15, 0.2) is 53.0 Å². The SMILES string of the molecule is O=C1CC/C=C\CN(C2CCCCC2)C(=O)[C@H]2N(CCO)C(=O)[C@@H]3[C@@H](C(=O)O[C@@H](c4ccccc4)CN1)[C@@H]1O[C@@]32C=C1Br. The minimum atomic E-state index is -1.38. The van der Waals surface area contributed by atoms with Crippen molar-refractivity contribution >= 4 is 39.6 Å². The Kier molecular flexibility index (Phi) is 8.75. The Morgan fingerprint density at radius 1 is 1.02 bits per heavy atom. The van der Waals surface area contributed by atoms with Gasteiger partial charge in [0.15, 0.2) is 0 Å². The highest BCUT2D eigenvalue weighted by Crippen LogP contribution is 2.59. The van der Waals surface area contributed by atoms with E-state index >= 15 is 0 Å². The van der Waals surface area contributed by atoms with E-state index in [1.54, 1.807) is 6.08 Å². The van der Waals surface area contributed by atoms with Crippen molar-refractivity contribution in [3.8, 4) is 0 Å². The number of hydrogen-bond acceptors (Lipinski definition) is 7. The van der Waals surface area contributed by atoms with E-state index in [-0.39, 0.29) is 44.0 Å². The lowest BCUT2D eigenvalue weighted by atomic mass is 9.74. The van der Waals surface area contributed by atoms with Crippen LogP contribution in [-0.4, -0.2) is 88.6 Å². The van der Waals surface area contributed by atoms with E-state index in [1.165, 1.54) is 4.90 Å². The summed E-state index contributed by atoms with van der Waals surface area (Å²) in [6, 6.07) is 8.11. The maximum absolute atomic E-state index is 14.6. The summed E-state index contributed by atoms with van der Waals surface area (Å²) in [5, 5.41) is 12.9. The lowest BCUT2D eigenvalue weighted by molar-refractivity contribution is -0.160. The van der Waals surface area contributed by atoms with Crippen molar-refractivity contribution < 1.29 is 33.8 Å². The number of allylic oxidation sites excluding steroid dienone is 1. The number of cyclic esters (lactones) is 1. The normalized spacial score (nSPS) is 34.6. The smallest absolute Gasteiger partial charge is 0.313 e. The molecule has 6 atom stereocenters. The molecule has 0 aromatic heterocycles. The molecule has 1 saturated carbocycles. The van der Waals surface area contributed by atoms with E-state index in [2.05, 4.69) is 21.2 Å². The van der Waals surface area contributed by atoms with Crippen molar-refractivity contribution in [1.29, 1.82) is 0 Å². The molecule has 230 valence electrons. The second-order valence-electron chi connectivity index (χ2n) is 12.0.